The zero-order valence-electron chi connectivity index (χ0n) is 19.6. The number of benzodiazepines with no additional fused rings is 1. The van der Waals surface area contributed by atoms with Crippen LogP contribution >= 0.6 is 0 Å². The quantitative estimate of drug-likeness (QED) is 0.424. The normalized spacial score (nSPS) is 18.1. The van der Waals surface area contributed by atoms with E-state index in [-0.39, 0.29) is 11.9 Å². The lowest BCUT2D eigenvalue weighted by Crippen LogP contribution is -2.32. The van der Waals surface area contributed by atoms with Crippen molar-refractivity contribution in [2.24, 2.45) is 4.99 Å². The maximum absolute atomic E-state index is 13.1. The molecule has 1 atom stereocenters. The van der Waals surface area contributed by atoms with Crippen LogP contribution in [0.15, 0.2) is 88.3 Å². The Kier molecular flexibility index (Phi) is 6.01. The predicted molar refractivity (Wildman–Crippen MR) is 137 cm³/mol. The van der Waals surface area contributed by atoms with Crippen molar-refractivity contribution in [3.63, 3.8) is 0 Å². The van der Waals surface area contributed by atoms with Crippen molar-refractivity contribution in [2.75, 3.05) is 23.8 Å². The summed E-state index contributed by atoms with van der Waals surface area (Å²) in [6.07, 6.45) is 0.957. The molecule has 1 aromatic heterocycles. The molecule has 1 saturated heterocycles. The molecule has 0 saturated carbocycles. The van der Waals surface area contributed by atoms with E-state index in [1.54, 1.807) is 0 Å². The number of nitrogens with one attached hydrogen (secondary N) is 2. The Morgan fingerprint density at radius 2 is 1.56 bits per heavy atom. The Labute approximate surface area is 208 Å². The third-order valence-corrected chi connectivity index (χ3v) is 6.53. The Bertz CT molecular complexity index is 1410. The van der Waals surface area contributed by atoms with Gasteiger partial charge in [0.05, 0.1) is 11.4 Å². The summed E-state index contributed by atoms with van der Waals surface area (Å²) < 4.78 is 11.5. The van der Waals surface area contributed by atoms with Crippen LogP contribution in [0.4, 0.5) is 11.7 Å². The number of nitrogens with zero attached hydrogens (tertiary/aromatic N) is 3. The topological polar surface area (TPSA) is 102 Å². The summed E-state index contributed by atoms with van der Waals surface area (Å²) >= 11 is 0. The Morgan fingerprint density at radius 3 is 2.39 bits per heavy atom. The summed E-state index contributed by atoms with van der Waals surface area (Å²) in [4.78, 5) is 17.9. The molecule has 0 bridgehead atoms. The van der Waals surface area contributed by atoms with Crippen LogP contribution < -0.4 is 10.6 Å². The fourth-order valence-corrected chi connectivity index (χ4v) is 4.74. The van der Waals surface area contributed by atoms with Crippen molar-refractivity contribution in [2.45, 2.75) is 24.9 Å². The monoisotopic (exact) mass is 479 g/mol. The van der Waals surface area contributed by atoms with E-state index in [9.17, 15) is 4.79 Å². The van der Waals surface area contributed by atoms with E-state index in [0.717, 1.165) is 42.7 Å². The standard InChI is InChI=1S/C28H25N5O3/c34-26-25(30-24(19-8-2-1-3-9-19)22-12-6-7-13-23(22)29-26)31-28-33-32-27(36-28)21-11-5-4-10-20(21)18-14-16-35-17-15-18/h1-13,18,25H,14-17H2,(H,29,34)(H,31,33). The number of carbonyl (C=O) groups excluding carboxylic acids is 1. The molecule has 8 heteroatoms. The first-order valence-electron chi connectivity index (χ1n) is 12.1. The summed E-state index contributed by atoms with van der Waals surface area (Å²) in [5.41, 5.74) is 5.22. The van der Waals surface area contributed by atoms with Gasteiger partial charge in [-0.25, -0.2) is 4.99 Å². The molecular formula is C28H25N5O3. The Morgan fingerprint density at radius 1 is 0.833 bits per heavy atom. The first-order valence-corrected chi connectivity index (χ1v) is 12.1. The minimum absolute atomic E-state index is 0.133. The van der Waals surface area contributed by atoms with Crippen LogP contribution in [0.25, 0.3) is 11.5 Å². The van der Waals surface area contributed by atoms with Gasteiger partial charge in [0.1, 0.15) is 0 Å². The van der Waals surface area contributed by atoms with Gasteiger partial charge in [-0.15, -0.1) is 5.10 Å². The van der Waals surface area contributed by atoms with Gasteiger partial charge in [-0.3, -0.25) is 4.79 Å². The second-order valence-corrected chi connectivity index (χ2v) is 8.81. The number of hydrogen-bond donors (Lipinski definition) is 2. The van der Waals surface area contributed by atoms with Gasteiger partial charge in [0.25, 0.3) is 5.91 Å². The van der Waals surface area contributed by atoms with Crippen LogP contribution in [-0.4, -0.2) is 41.2 Å². The van der Waals surface area contributed by atoms with E-state index < -0.39 is 6.17 Å². The lowest BCUT2D eigenvalue weighted by Gasteiger charge is -2.23. The molecule has 2 N–H and O–H groups in total. The maximum atomic E-state index is 13.1. The number of aromatic nitrogens is 2. The average molecular weight is 480 g/mol. The predicted octanol–water partition coefficient (Wildman–Crippen LogP) is 4.86. The molecular weight excluding hydrogens is 454 g/mol. The smallest absolute Gasteiger partial charge is 0.317 e. The summed E-state index contributed by atoms with van der Waals surface area (Å²) in [6, 6.07) is 25.6. The largest absolute Gasteiger partial charge is 0.403 e. The van der Waals surface area contributed by atoms with E-state index in [1.807, 2.05) is 72.8 Å². The maximum Gasteiger partial charge on any atom is 0.317 e. The van der Waals surface area contributed by atoms with E-state index in [0.29, 0.717) is 23.2 Å². The van der Waals surface area contributed by atoms with Gasteiger partial charge in [0.15, 0.2) is 0 Å². The fraction of sp³-hybridized carbons (Fsp3) is 0.214. The number of amides is 1. The Balaban J connectivity index is 1.32. The van der Waals surface area contributed by atoms with E-state index in [2.05, 4.69) is 26.9 Å². The molecule has 2 aliphatic rings. The lowest BCUT2D eigenvalue weighted by molar-refractivity contribution is -0.116. The molecule has 0 radical (unpaired) electrons. The second-order valence-electron chi connectivity index (χ2n) is 8.81. The molecule has 1 unspecified atom stereocenters. The number of hydrogen-bond acceptors (Lipinski definition) is 7. The number of benzene rings is 3. The van der Waals surface area contributed by atoms with Gasteiger partial charge in [-0.1, -0.05) is 71.8 Å². The molecule has 180 valence electrons. The molecule has 1 amide bonds. The highest BCUT2D eigenvalue weighted by Crippen LogP contribution is 2.35. The van der Waals surface area contributed by atoms with Crippen LogP contribution in [0, 0.1) is 0 Å². The van der Waals surface area contributed by atoms with E-state index in [1.165, 1.54) is 5.56 Å². The van der Waals surface area contributed by atoms with Crippen molar-refractivity contribution in [1.82, 2.24) is 10.2 Å². The highest BCUT2D eigenvalue weighted by molar-refractivity contribution is 6.19. The molecule has 3 heterocycles. The number of para-hydroxylation sites is 1. The highest BCUT2D eigenvalue weighted by atomic mass is 16.5. The van der Waals surface area contributed by atoms with Crippen LogP contribution in [0.5, 0.6) is 0 Å². The summed E-state index contributed by atoms with van der Waals surface area (Å²) in [5, 5.41) is 14.5. The molecule has 1 fully saturated rings. The van der Waals surface area contributed by atoms with Crippen molar-refractivity contribution in [3.8, 4) is 11.5 Å². The van der Waals surface area contributed by atoms with Crippen LogP contribution in [0.3, 0.4) is 0 Å². The minimum atomic E-state index is -0.952. The van der Waals surface area contributed by atoms with Crippen molar-refractivity contribution in [3.05, 3.63) is 95.6 Å². The van der Waals surface area contributed by atoms with E-state index in [4.69, 9.17) is 14.1 Å². The lowest BCUT2D eigenvalue weighted by atomic mass is 9.88. The number of fused-ring (bicyclic) bond motifs is 1. The molecule has 3 aromatic carbocycles. The first kappa shape index (κ1) is 22.2. The Hall–Kier alpha value is -4.30. The summed E-state index contributed by atoms with van der Waals surface area (Å²) in [6.45, 7) is 1.49. The van der Waals surface area contributed by atoms with Crippen molar-refractivity contribution < 1.29 is 13.9 Å². The zero-order valence-corrected chi connectivity index (χ0v) is 19.6. The molecule has 0 aliphatic carbocycles. The van der Waals surface area contributed by atoms with Gasteiger partial charge in [0.2, 0.25) is 12.1 Å². The van der Waals surface area contributed by atoms with Gasteiger partial charge in [0, 0.05) is 29.9 Å². The molecule has 36 heavy (non-hydrogen) atoms. The van der Waals surface area contributed by atoms with Gasteiger partial charge < -0.3 is 19.8 Å². The first-order chi connectivity index (χ1) is 17.8. The number of rotatable bonds is 5. The highest BCUT2D eigenvalue weighted by Gasteiger charge is 2.28. The molecule has 4 aromatic rings. The molecule has 6 rings (SSSR count). The van der Waals surface area contributed by atoms with Crippen LogP contribution in [0.2, 0.25) is 0 Å². The van der Waals surface area contributed by atoms with Crippen molar-refractivity contribution in [1.29, 1.82) is 0 Å². The molecule has 2 aliphatic heterocycles. The molecule has 8 nitrogen and oxygen atoms in total. The fourth-order valence-electron chi connectivity index (χ4n) is 4.74. The number of anilines is 2. The van der Waals surface area contributed by atoms with Gasteiger partial charge in [-0.2, -0.15) is 0 Å². The van der Waals surface area contributed by atoms with Crippen LogP contribution in [0.1, 0.15) is 35.4 Å². The second kappa shape index (κ2) is 9.75. The third kappa shape index (κ3) is 4.38. The minimum Gasteiger partial charge on any atom is -0.403 e. The number of aliphatic imine (C=N–C) groups is 1. The summed E-state index contributed by atoms with van der Waals surface area (Å²) in [7, 11) is 0. The number of carbonyl (C=O) groups is 1. The van der Waals surface area contributed by atoms with Crippen molar-refractivity contribution >= 4 is 23.3 Å². The third-order valence-electron chi connectivity index (χ3n) is 6.53. The van der Waals surface area contributed by atoms with E-state index >= 15 is 0 Å². The zero-order chi connectivity index (χ0) is 24.3. The average Bonchev–Trinajstić information content (AvgIpc) is 3.35. The van der Waals surface area contributed by atoms with Gasteiger partial charge in [-0.05, 0) is 36.5 Å². The van der Waals surface area contributed by atoms with Crippen LogP contribution in [-0.2, 0) is 9.53 Å². The molecule has 0 spiro atoms. The SMILES string of the molecule is O=C1Nc2ccccc2C(c2ccccc2)=NC1Nc1nnc(-c2ccccc2C2CCOCC2)o1. The summed E-state index contributed by atoms with van der Waals surface area (Å²) in [5.74, 6) is 0.474. The number of ether oxygens (including phenoxy) is 1. The van der Waals surface area contributed by atoms with Gasteiger partial charge >= 0.3 is 6.01 Å².